The fourth-order valence-electron chi connectivity index (χ4n) is 2.74. The zero-order chi connectivity index (χ0) is 12.1. The third-order valence-corrected chi connectivity index (χ3v) is 3.72. The maximum atomic E-state index is 5.76. The molecule has 0 heterocycles. The number of anilines is 1. The summed E-state index contributed by atoms with van der Waals surface area (Å²) in [7, 11) is 0. The molecule has 2 heteroatoms. The van der Waals surface area contributed by atoms with Crippen LogP contribution in [0.4, 0.5) is 5.69 Å². The van der Waals surface area contributed by atoms with E-state index in [4.69, 9.17) is 5.73 Å². The van der Waals surface area contributed by atoms with E-state index < -0.39 is 0 Å². The Morgan fingerprint density at radius 2 is 2.24 bits per heavy atom. The number of aryl methyl sites for hydroxylation is 1. The van der Waals surface area contributed by atoms with Crippen molar-refractivity contribution in [2.75, 3.05) is 12.3 Å². The zero-order valence-corrected chi connectivity index (χ0v) is 10.8. The molecule has 1 fully saturated rings. The first-order chi connectivity index (χ1) is 8.24. The minimum atomic E-state index is 0.769. The molecule has 2 rings (SSSR count). The lowest BCUT2D eigenvalue weighted by atomic mass is 10.1. The SMILES string of the molecule is CC1CCC(NCCCc2cccc(N)c2)C1. The van der Waals surface area contributed by atoms with Crippen LogP contribution >= 0.6 is 0 Å². The van der Waals surface area contributed by atoms with Crippen LogP contribution < -0.4 is 11.1 Å². The Morgan fingerprint density at radius 3 is 2.94 bits per heavy atom. The summed E-state index contributed by atoms with van der Waals surface area (Å²) in [5.41, 5.74) is 7.99. The van der Waals surface area contributed by atoms with Gasteiger partial charge in [0.2, 0.25) is 0 Å². The van der Waals surface area contributed by atoms with Crippen LogP contribution in [-0.2, 0) is 6.42 Å². The summed E-state index contributed by atoms with van der Waals surface area (Å²) in [4.78, 5) is 0. The van der Waals surface area contributed by atoms with E-state index in [9.17, 15) is 0 Å². The fourth-order valence-corrected chi connectivity index (χ4v) is 2.74. The lowest BCUT2D eigenvalue weighted by Gasteiger charge is -2.12. The topological polar surface area (TPSA) is 38.0 Å². The monoisotopic (exact) mass is 232 g/mol. The Morgan fingerprint density at radius 1 is 1.35 bits per heavy atom. The summed E-state index contributed by atoms with van der Waals surface area (Å²) >= 11 is 0. The van der Waals surface area contributed by atoms with E-state index in [1.807, 2.05) is 12.1 Å². The minimum absolute atomic E-state index is 0.769. The van der Waals surface area contributed by atoms with Crippen molar-refractivity contribution in [2.24, 2.45) is 5.92 Å². The second kappa shape index (κ2) is 6.06. The quantitative estimate of drug-likeness (QED) is 0.605. The molecule has 0 saturated heterocycles. The van der Waals surface area contributed by atoms with Crippen molar-refractivity contribution < 1.29 is 0 Å². The molecular weight excluding hydrogens is 208 g/mol. The smallest absolute Gasteiger partial charge is 0.0316 e. The molecule has 1 aliphatic rings. The first-order valence-electron chi connectivity index (χ1n) is 6.82. The molecule has 1 aliphatic carbocycles. The van der Waals surface area contributed by atoms with Gasteiger partial charge in [0, 0.05) is 11.7 Å². The Labute approximate surface area is 105 Å². The van der Waals surface area contributed by atoms with E-state index >= 15 is 0 Å². The average molecular weight is 232 g/mol. The second-order valence-corrected chi connectivity index (χ2v) is 5.42. The van der Waals surface area contributed by atoms with Crippen LogP contribution in [0, 0.1) is 5.92 Å². The Balaban J connectivity index is 1.63. The van der Waals surface area contributed by atoms with E-state index in [0.29, 0.717) is 0 Å². The van der Waals surface area contributed by atoms with E-state index in [-0.39, 0.29) is 0 Å². The largest absolute Gasteiger partial charge is 0.399 e. The lowest BCUT2D eigenvalue weighted by molar-refractivity contribution is 0.496. The highest BCUT2D eigenvalue weighted by Gasteiger charge is 2.19. The van der Waals surface area contributed by atoms with E-state index in [2.05, 4.69) is 24.4 Å². The predicted octanol–water partition coefficient (Wildman–Crippen LogP) is 2.98. The molecule has 2 unspecified atom stereocenters. The number of nitrogen functional groups attached to an aromatic ring is 1. The lowest BCUT2D eigenvalue weighted by Crippen LogP contribution is -2.27. The molecule has 2 nitrogen and oxygen atoms in total. The molecule has 0 radical (unpaired) electrons. The molecule has 1 aromatic rings. The molecule has 1 saturated carbocycles. The molecule has 1 aromatic carbocycles. The highest BCUT2D eigenvalue weighted by molar-refractivity contribution is 5.40. The summed E-state index contributed by atoms with van der Waals surface area (Å²) in [5.74, 6) is 0.918. The number of hydrogen-bond donors (Lipinski definition) is 2. The Bertz CT molecular complexity index is 349. The van der Waals surface area contributed by atoms with E-state index in [0.717, 1.165) is 30.6 Å². The van der Waals surface area contributed by atoms with Gasteiger partial charge in [0.1, 0.15) is 0 Å². The first kappa shape index (κ1) is 12.4. The van der Waals surface area contributed by atoms with Crippen molar-refractivity contribution in [3.05, 3.63) is 29.8 Å². The summed E-state index contributed by atoms with van der Waals surface area (Å²) < 4.78 is 0. The normalized spacial score (nSPS) is 24.1. The summed E-state index contributed by atoms with van der Waals surface area (Å²) in [5, 5.41) is 3.67. The maximum Gasteiger partial charge on any atom is 0.0316 e. The summed E-state index contributed by atoms with van der Waals surface area (Å²) in [6.07, 6.45) is 6.44. The van der Waals surface area contributed by atoms with Crippen LogP contribution in [0.1, 0.15) is 38.2 Å². The predicted molar refractivity (Wildman–Crippen MR) is 74.0 cm³/mol. The maximum absolute atomic E-state index is 5.76. The molecule has 0 aliphatic heterocycles. The molecule has 3 N–H and O–H groups in total. The third-order valence-electron chi connectivity index (χ3n) is 3.72. The van der Waals surface area contributed by atoms with Gasteiger partial charge in [-0.15, -0.1) is 0 Å². The van der Waals surface area contributed by atoms with Crippen molar-refractivity contribution >= 4 is 5.69 Å². The van der Waals surface area contributed by atoms with Gasteiger partial charge in [-0.1, -0.05) is 19.1 Å². The molecule has 2 atom stereocenters. The molecule has 0 aromatic heterocycles. The Hall–Kier alpha value is -1.02. The van der Waals surface area contributed by atoms with Gasteiger partial charge in [0.25, 0.3) is 0 Å². The van der Waals surface area contributed by atoms with Gasteiger partial charge in [-0.05, 0) is 62.3 Å². The fraction of sp³-hybridized carbons (Fsp3) is 0.600. The van der Waals surface area contributed by atoms with Gasteiger partial charge in [-0.2, -0.15) is 0 Å². The van der Waals surface area contributed by atoms with Crippen LogP contribution in [0.2, 0.25) is 0 Å². The highest BCUT2D eigenvalue weighted by Crippen LogP contribution is 2.24. The molecule has 17 heavy (non-hydrogen) atoms. The number of hydrogen-bond acceptors (Lipinski definition) is 2. The number of benzene rings is 1. The van der Waals surface area contributed by atoms with Gasteiger partial charge in [-0.3, -0.25) is 0 Å². The molecule has 0 bridgehead atoms. The first-order valence-corrected chi connectivity index (χ1v) is 6.82. The number of nitrogens with one attached hydrogen (secondary N) is 1. The van der Waals surface area contributed by atoms with Crippen LogP contribution in [0.5, 0.6) is 0 Å². The molecular formula is C15H24N2. The van der Waals surface area contributed by atoms with Crippen LogP contribution in [-0.4, -0.2) is 12.6 Å². The van der Waals surface area contributed by atoms with Gasteiger partial charge in [0.05, 0.1) is 0 Å². The van der Waals surface area contributed by atoms with Crippen LogP contribution in [0.25, 0.3) is 0 Å². The van der Waals surface area contributed by atoms with Crippen molar-refractivity contribution in [2.45, 2.75) is 45.1 Å². The van der Waals surface area contributed by atoms with Gasteiger partial charge in [-0.25, -0.2) is 0 Å². The van der Waals surface area contributed by atoms with E-state index in [1.54, 1.807) is 0 Å². The van der Waals surface area contributed by atoms with Crippen molar-refractivity contribution in [1.29, 1.82) is 0 Å². The summed E-state index contributed by atoms with van der Waals surface area (Å²) in [6, 6.07) is 9.00. The third kappa shape index (κ3) is 4.04. The van der Waals surface area contributed by atoms with Crippen LogP contribution in [0.15, 0.2) is 24.3 Å². The molecule has 0 spiro atoms. The van der Waals surface area contributed by atoms with E-state index in [1.165, 1.54) is 31.2 Å². The zero-order valence-electron chi connectivity index (χ0n) is 10.8. The van der Waals surface area contributed by atoms with Crippen molar-refractivity contribution in [3.63, 3.8) is 0 Å². The molecule has 0 amide bonds. The standard InChI is InChI=1S/C15H24N2/c1-12-7-8-15(10-12)17-9-3-5-13-4-2-6-14(16)11-13/h2,4,6,11-12,15,17H,3,5,7-10,16H2,1H3. The number of nitrogens with two attached hydrogens (primary N) is 1. The summed E-state index contributed by atoms with van der Waals surface area (Å²) in [6.45, 7) is 3.49. The minimum Gasteiger partial charge on any atom is -0.399 e. The van der Waals surface area contributed by atoms with Gasteiger partial charge >= 0.3 is 0 Å². The highest BCUT2D eigenvalue weighted by atomic mass is 14.9. The van der Waals surface area contributed by atoms with Crippen molar-refractivity contribution in [3.8, 4) is 0 Å². The van der Waals surface area contributed by atoms with Gasteiger partial charge in [0.15, 0.2) is 0 Å². The molecule has 94 valence electrons. The van der Waals surface area contributed by atoms with Crippen LogP contribution in [0.3, 0.4) is 0 Å². The van der Waals surface area contributed by atoms with Gasteiger partial charge < -0.3 is 11.1 Å². The average Bonchev–Trinajstić information content (AvgIpc) is 2.71. The van der Waals surface area contributed by atoms with Crippen molar-refractivity contribution in [1.82, 2.24) is 5.32 Å². The second-order valence-electron chi connectivity index (χ2n) is 5.42. The Kier molecular flexibility index (Phi) is 4.43. The number of rotatable bonds is 5.